The molecule has 8 heteroatoms. The van der Waals surface area contributed by atoms with Gasteiger partial charge in [-0.15, -0.1) is 0 Å². The third-order valence-corrected chi connectivity index (χ3v) is 5.38. The topological polar surface area (TPSA) is 98.8 Å². The number of ether oxygens (including phenoxy) is 2. The van der Waals surface area contributed by atoms with Gasteiger partial charge >= 0.3 is 11.9 Å². The minimum Gasteiger partial charge on any atom is -0.459 e. The van der Waals surface area contributed by atoms with Crippen molar-refractivity contribution in [3.05, 3.63) is 47.5 Å². The maximum Gasteiger partial charge on any atom is 0.348 e. The summed E-state index contributed by atoms with van der Waals surface area (Å²) in [6.45, 7) is 6.53. The summed E-state index contributed by atoms with van der Waals surface area (Å²) in [6.07, 6.45) is -0.993. The molecule has 0 fully saturated rings. The first-order valence-corrected chi connectivity index (χ1v) is 10.3. The van der Waals surface area contributed by atoms with Crippen LogP contribution < -0.4 is 4.72 Å². The zero-order valence-corrected chi connectivity index (χ0v) is 16.8. The fourth-order valence-electron chi connectivity index (χ4n) is 2.90. The van der Waals surface area contributed by atoms with Gasteiger partial charge in [-0.2, -0.15) is 0 Å². The third-order valence-electron chi connectivity index (χ3n) is 3.99. The van der Waals surface area contributed by atoms with Crippen molar-refractivity contribution >= 4 is 38.4 Å². The van der Waals surface area contributed by atoms with Crippen molar-refractivity contribution in [1.29, 1.82) is 0 Å². The summed E-state index contributed by atoms with van der Waals surface area (Å²) in [4.78, 5) is 25.3. The molecule has 28 heavy (non-hydrogen) atoms. The molecule has 2 aromatic rings. The van der Waals surface area contributed by atoms with Crippen molar-refractivity contribution in [1.82, 2.24) is 4.72 Å². The van der Waals surface area contributed by atoms with Crippen molar-refractivity contribution in [2.45, 2.75) is 44.8 Å². The van der Waals surface area contributed by atoms with Crippen LogP contribution in [0.1, 0.15) is 33.3 Å². The molecule has 2 aromatic carbocycles. The van der Waals surface area contributed by atoms with E-state index in [0.29, 0.717) is 0 Å². The van der Waals surface area contributed by atoms with Crippen LogP contribution in [-0.2, 0) is 29.1 Å². The highest BCUT2D eigenvalue weighted by molar-refractivity contribution is 7.90. The van der Waals surface area contributed by atoms with E-state index in [1.165, 1.54) is 6.07 Å². The quantitative estimate of drug-likeness (QED) is 0.365. The summed E-state index contributed by atoms with van der Waals surface area (Å²) in [5.74, 6) is -1.89. The molecule has 0 amide bonds. The number of fused-ring (bicyclic) bond motifs is 2. The molecule has 7 nitrogen and oxygen atoms in total. The van der Waals surface area contributed by atoms with Crippen molar-refractivity contribution in [2.24, 2.45) is 0 Å². The highest BCUT2D eigenvalue weighted by atomic mass is 32.2. The Morgan fingerprint density at radius 2 is 1.39 bits per heavy atom. The van der Waals surface area contributed by atoms with Crippen LogP contribution in [0.25, 0.3) is 16.5 Å². The van der Waals surface area contributed by atoms with Gasteiger partial charge in [0.25, 0.3) is 10.0 Å². The van der Waals surface area contributed by atoms with Gasteiger partial charge in [-0.05, 0) is 50.6 Å². The van der Waals surface area contributed by atoms with E-state index in [0.717, 1.165) is 10.8 Å². The lowest BCUT2D eigenvalue weighted by Crippen LogP contribution is -2.27. The van der Waals surface area contributed by atoms with E-state index in [-0.39, 0.29) is 16.2 Å². The van der Waals surface area contributed by atoms with Gasteiger partial charge in [0.2, 0.25) is 0 Å². The van der Waals surface area contributed by atoms with Crippen LogP contribution in [0.2, 0.25) is 0 Å². The Morgan fingerprint density at radius 3 is 1.89 bits per heavy atom. The highest BCUT2D eigenvalue weighted by Crippen LogP contribution is 2.36. The second-order valence-electron chi connectivity index (χ2n) is 6.96. The molecular formula is C20H21NO6S. The Labute approximate surface area is 163 Å². The monoisotopic (exact) mass is 403 g/mol. The molecule has 0 aliphatic carbocycles. The van der Waals surface area contributed by atoms with E-state index in [1.54, 1.807) is 45.9 Å². The normalized spacial score (nSPS) is 14.7. The second-order valence-corrected chi connectivity index (χ2v) is 8.61. The number of benzene rings is 2. The van der Waals surface area contributed by atoms with Gasteiger partial charge in [0.15, 0.2) is 5.57 Å². The second kappa shape index (κ2) is 7.27. The summed E-state index contributed by atoms with van der Waals surface area (Å²) in [7, 11) is -3.94. The predicted octanol–water partition coefficient (Wildman–Crippen LogP) is 2.75. The van der Waals surface area contributed by atoms with Crippen LogP contribution >= 0.6 is 0 Å². The average molecular weight is 403 g/mol. The Hall–Kier alpha value is -2.87. The van der Waals surface area contributed by atoms with Crippen LogP contribution in [0, 0.1) is 0 Å². The van der Waals surface area contributed by atoms with Crippen molar-refractivity contribution in [3.8, 4) is 0 Å². The molecule has 1 aliphatic heterocycles. The highest BCUT2D eigenvalue weighted by Gasteiger charge is 2.38. The molecule has 0 unspecified atom stereocenters. The SMILES string of the molecule is CC(C)OC(=O)C(C(=O)OC(C)C)=C1NS(=O)(=O)c2cc3ccccc3cc21. The van der Waals surface area contributed by atoms with Gasteiger partial charge in [-0.25, -0.2) is 18.0 Å². The molecule has 148 valence electrons. The van der Waals surface area contributed by atoms with Crippen molar-refractivity contribution in [2.75, 3.05) is 0 Å². The zero-order chi connectivity index (χ0) is 20.6. The van der Waals surface area contributed by atoms with Gasteiger partial charge < -0.3 is 9.47 Å². The maximum absolute atomic E-state index is 12.7. The summed E-state index contributed by atoms with van der Waals surface area (Å²) in [5.41, 5.74) is -0.368. The summed E-state index contributed by atoms with van der Waals surface area (Å²) in [6, 6.07) is 10.4. The summed E-state index contributed by atoms with van der Waals surface area (Å²) < 4.78 is 38.0. The Balaban J connectivity index is 2.28. The Kier molecular flexibility index (Phi) is 5.16. The first kappa shape index (κ1) is 19.9. The molecule has 0 radical (unpaired) electrons. The number of sulfonamides is 1. The lowest BCUT2D eigenvalue weighted by atomic mass is 10.0. The third kappa shape index (κ3) is 3.73. The van der Waals surface area contributed by atoms with Crippen LogP contribution in [0.3, 0.4) is 0 Å². The minimum atomic E-state index is -3.94. The van der Waals surface area contributed by atoms with Gasteiger partial charge in [0.05, 0.1) is 22.8 Å². The Bertz CT molecular complexity index is 1070. The van der Waals surface area contributed by atoms with Crippen LogP contribution in [0.15, 0.2) is 46.9 Å². The number of rotatable bonds is 4. The van der Waals surface area contributed by atoms with E-state index < -0.39 is 39.7 Å². The van der Waals surface area contributed by atoms with Gasteiger partial charge in [-0.1, -0.05) is 24.3 Å². The molecular weight excluding hydrogens is 382 g/mol. The minimum absolute atomic E-state index is 0.00612. The molecule has 0 saturated heterocycles. The molecule has 0 bridgehead atoms. The molecule has 1 aliphatic rings. The van der Waals surface area contributed by atoms with Gasteiger partial charge in [-0.3, -0.25) is 4.72 Å². The fourth-order valence-corrected chi connectivity index (χ4v) is 4.22. The summed E-state index contributed by atoms with van der Waals surface area (Å²) in [5, 5.41) is 1.50. The first-order valence-electron chi connectivity index (χ1n) is 8.82. The standard InChI is InChI=1S/C20H21NO6S/c1-11(2)26-19(22)17(20(23)27-12(3)4)18-15-9-13-7-5-6-8-14(13)10-16(15)28(24,25)21-18/h5-12,21H,1-4H3. The molecule has 3 rings (SSSR count). The fraction of sp³-hybridized carbons (Fsp3) is 0.300. The van der Waals surface area contributed by atoms with E-state index in [2.05, 4.69) is 4.72 Å². The summed E-state index contributed by atoms with van der Waals surface area (Å²) >= 11 is 0. The van der Waals surface area contributed by atoms with Gasteiger partial charge in [0.1, 0.15) is 0 Å². The molecule has 0 saturated carbocycles. The first-order chi connectivity index (χ1) is 13.1. The Morgan fingerprint density at radius 1 is 0.893 bits per heavy atom. The van der Waals surface area contributed by atoms with Crippen molar-refractivity contribution < 1.29 is 27.5 Å². The molecule has 0 aromatic heterocycles. The smallest absolute Gasteiger partial charge is 0.348 e. The molecule has 1 N–H and O–H groups in total. The average Bonchev–Trinajstić information content (AvgIpc) is 2.82. The largest absolute Gasteiger partial charge is 0.459 e. The van der Waals surface area contributed by atoms with Gasteiger partial charge in [0, 0.05) is 5.56 Å². The number of carbonyl (C=O) groups excluding carboxylic acids is 2. The predicted molar refractivity (Wildman–Crippen MR) is 104 cm³/mol. The maximum atomic E-state index is 12.7. The van der Waals surface area contributed by atoms with E-state index >= 15 is 0 Å². The number of carbonyl (C=O) groups is 2. The molecule has 1 heterocycles. The van der Waals surface area contributed by atoms with E-state index in [4.69, 9.17) is 9.47 Å². The lowest BCUT2D eigenvalue weighted by molar-refractivity contribution is -0.150. The zero-order valence-electron chi connectivity index (χ0n) is 16.0. The number of hydrogen-bond donors (Lipinski definition) is 1. The molecule has 0 atom stereocenters. The van der Waals surface area contributed by atoms with Crippen LogP contribution in [0.5, 0.6) is 0 Å². The van der Waals surface area contributed by atoms with E-state index in [1.807, 2.05) is 12.1 Å². The number of esters is 2. The van der Waals surface area contributed by atoms with E-state index in [9.17, 15) is 18.0 Å². The van der Waals surface area contributed by atoms with Crippen molar-refractivity contribution in [3.63, 3.8) is 0 Å². The lowest BCUT2D eigenvalue weighted by Gasteiger charge is -2.15. The number of hydrogen-bond acceptors (Lipinski definition) is 6. The number of nitrogens with one attached hydrogen (secondary N) is 1. The molecule has 0 spiro atoms. The van der Waals surface area contributed by atoms with Crippen LogP contribution in [-0.4, -0.2) is 32.6 Å². The van der Waals surface area contributed by atoms with Crippen LogP contribution in [0.4, 0.5) is 0 Å².